The van der Waals surface area contributed by atoms with Gasteiger partial charge in [0.2, 0.25) is 0 Å². The minimum Gasteiger partial charge on any atom is -0.339 e. The first-order valence-corrected chi connectivity index (χ1v) is 7.33. The van der Waals surface area contributed by atoms with E-state index in [4.69, 9.17) is 5.84 Å². The Bertz CT molecular complexity index is 714. The zero-order chi connectivity index (χ0) is 14.4. The first-order valence-electron chi connectivity index (χ1n) is 7.33. The van der Waals surface area contributed by atoms with Crippen molar-refractivity contribution in [1.82, 2.24) is 4.68 Å². The maximum atomic E-state index is 6.47. The lowest BCUT2D eigenvalue weighted by Gasteiger charge is -2.11. The predicted octanol–water partition coefficient (Wildman–Crippen LogP) is 4.76. The van der Waals surface area contributed by atoms with E-state index in [0.29, 0.717) is 11.8 Å². The van der Waals surface area contributed by atoms with Crippen molar-refractivity contribution in [3.8, 4) is 0 Å². The average molecular weight is 266 g/mol. The summed E-state index contributed by atoms with van der Waals surface area (Å²) in [5.41, 5.74) is 4.98. The van der Waals surface area contributed by atoms with Crippen LogP contribution in [0.25, 0.3) is 21.8 Å². The van der Waals surface area contributed by atoms with E-state index in [9.17, 15) is 0 Å². The molecule has 1 heterocycles. The molecule has 104 valence electrons. The van der Waals surface area contributed by atoms with Crippen molar-refractivity contribution in [2.75, 3.05) is 5.84 Å². The Morgan fingerprint density at radius 2 is 1.15 bits per heavy atom. The summed E-state index contributed by atoms with van der Waals surface area (Å²) in [6.45, 7) is 8.87. The number of nitrogen functional groups attached to an aromatic ring is 1. The summed E-state index contributed by atoms with van der Waals surface area (Å²) in [5, 5.41) is 2.52. The van der Waals surface area contributed by atoms with Crippen molar-refractivity contribution in [3.63, 3.8) is 0 Å². The number of para-hydroxylation sites is 2. The van der Waals surface area contributed by atoms with E-state index in [0.717, 1.165) is 0 Å². The van der Waals surface area contributed by atoms with Gasteiger partial charge in [-0.3, -0.25) is 4.68 Å². The summed E-state index contributed by atoms with van der Waals surface area (Å²) >= 11 is 0. The molecule has 0 fully saturated rings. The van der Waals surface area contributed by atoms with Gasteiger partial charge >= 0.3 is 0 Å². The molecule has 0 radical (unpaired) electrons. The van der Waals surface area contributed by atoms with E-state index >= 15 is 0 Å². The van der Waals surface area contributed by atoms with Gasteiger partial charge in [-0.15, -0.1) is 0 Å². The Balaban J connectivity index is 2.54. The lowest BCUT2D eigenvalue weighted by molar-refractivity contribution is 0.857. The molecule has 2 N–H and O–H groups in total. The molecule has 0 spiro atoms. The first kappa shape index (κ1) is 13.0. The topological polar surface area (TPSA) is 30.9 Å². The first-order chi connectivity index (χ1) is 9.52. The normalized spacial score (nSPS) is 12.1. The number of fused-ring (bicyclic) bond motifs is 3. The molecule has 3 aromatic rings. The number of nitrogens with two attached hydrogens (primary N) is 1. The van der Waals surface area contributed by atoms with Crippen LogP contribution in [-0.2, 0) is 0 Å². The monoisotopic (exact) mass is 266 g/mol. The third-order valence-corrected chi connectivity index (χ3v) is 4.15. The number of nitrogens with zero attached hydrogens (tertiary/aromatic N) is 1. The van der Waals surface area contributed by atoms with Crippen LogP contribution in [0.1, 0.15) is 50.7 Å². The number of hydrogen-bond acceptors (Lipinski definition) is 1. The highest BCUT2D eigenvalue weighted by Gasteiger charge is 2.17. The standard InChI is InChI=1S/C18H22N2/c1-11(2)13-7-5-9-15-16-10-6-8-14(12(3)4)18(16)20(19)17(13)15/h5-12H,19H2,1-4H3. The second kappa shape index (κ2) is 4.55. The molecule has 3 rings (SSSR count). The van der Waals surface area contributed by atoms with Crippen molar-refractivity contribution in [3.05, 3.63) is 47.5 Å². The fraction of sp³-hybridized carbons (Fsp3) is 0.333. The lowest BCUT2D eigenvalue weighted by atomic mass is 9.98. The molecule has 0 bridgehead atoms. The predicted molar refractivity (Wildman–Crippen MR) is 87.8 cm³/mol. The summed E-state index contributed by atoms with van der Waals surface area (Å²) in [6, 6.07) is 13.0. The molecular weight excluding hydrogens is 244 g/mol. The molecule has 1 aromatic heterocycles. The summed E-state index contributed by atoms with van der Waals surface area (Å²) in [6.07, 6.45) is 0. The van der Waals surface area contributed by atoms with Gasteiger partial charge in [0.15, 0.2) is 0 Å². The second-order valence-corrected chi connectivity index (χ2v) is 6.17. The van der Waals surface area contributed by atoms with Gasteiger partial charge in [-0.1, -0.05) is 64.1 Å². The van der Waals surface area contributed by atoms with Crippen molar-refractivity contribution >= 4 is 21.8 Å². The van der Waals surface area contributed by atoms with Crippen molar-refractivity contribution in [2.45, 2.75) is 39.5 Å². The van der Waals surface area contributed by atoms with Crippen LogP contribution in [0.2, 0.25) is 0 Å². The van der Waals surface area contributed by atoms with Crippen LogP contribution in [0.3, 0.4) is 0 Å². The van der Waals surface area contributed by atoms with E-state index in [1.54, 1.807) is 0 Å². The summed E-state index contributed by atoms with van der Waals surface area (Å²) in [7, 11) is 0. The van der Waals surface area contributed by atoms with E-state index in [2.05, 4.69) is 64.1 Å². The van der Waals surface area contributed by atoms with Crippen molar-refractivity contribution in [2.24, 2.45) is 0 Å². The van der Waals surface area contributed by atoms with Crippen molar-refractivity contribution in [1.29, 1.82) is 0 Å². The van der Waals surface area contributed by atoms with Crippen LogP contribution in [0, 0.1) is 0 Å². The van der Waals surface area contributed by atoms with Gasteiger partial charge in [0.1, 0.15) is 0 Å². The van der Waals surface area contributed by atoms with Crippen LogP contribution >= 0.6 is 0 Å². The van der Waals surface area contributed by atoms with Crippen LogP contribution < -0.4 is 5.84 Å². The van der Waals surface area contributed by atoms with Gasteiger partial charge in [-0.2, -0.15) is 0 Å². The molecule has 0 saturated carbocycles. The molecule has 0 atom stereocenters. The van der Waals surface area contributed by atoms with E-state index < -0.39 is 0 Å². The molecule has 2 nitrogen and oxygen atoms in total. The molecule has 0 aliphatic rings. The van der Waals surface area contributed by atoms with Gasteiger partial charge in [-0.05, 0) is 23.0 Å². The highest BCUT2D eigenvalue weighted by Crippen LogP contribution is 2.35. The fourth-order valence-electron chi connectivity index (χ4n) is 3.14. The summed E-state index contributed by atoms with van der Waals surface area (Å²) < 4.78 is 1.90. The smallest absolute Gasteiger partial charge is 0.0738 e. The second-order valence-electron chi connectivity index (χ2n) is 6.17. The van der Waals surface area contributed by atoms with Crippen LogP contribution in [0.15, 0.2) is 36.4 Å². The Labute approximate surface area is 120 Å². The molecule has 0 amide bonds. The summed E-state index contributed by atoms with van der Waals surface area (Å²) in [5.74, 6) is 7.40. The largest absolute Gasteiger partial charge is 0.339 e. The molecule has 2 heteroatoms. The Kier molecular flexibility index (Phi) is 2.97. The van der Waals surface area contributed by atoms with Gasteiger partial charge in [0.25, 0.3) is 0 Å². The van der Waals surface area contributed by atoms with E-state index in [1.807, 2.05) is 4.68 Å². The quantitative estimate of drug-likeness (QED) is 0.666. The third kappa shape index (κ3) is 1.71. The Morgan fingerprint density at radius 3 is 1.50 bits per heavy atom. The number of hydrogen-bond donors (Lipinski definition) is 1. The molecule has 0 saturated heterocycles. The number of benzene rings is 2. The Morgan fingerprint density at radius 1 is 0.750 bits per heavy atom. The number of rotatable bonds is 2. The number of aromatic nitrogens is 1. The zero-order valence-corrected chi connectivity index (χ0v) is 12.6. The minimum absolute atomic E-state index is 0.466. The van der Waals surface area contributed by atoms with Crippen LogP contribution in [0.4, 0.5) is 0 Å². The van der Waals surface area contributed by atoms with E-state index in [-0.39, 0.29) is 0 Å². The maximum absolute atomic E-state index is 6.47. The fourth-order valence-corrected chi connectivity index (χ4v) is 3.14. The summed E-state index contributed by atoms with van der Waals surface area (Å²) in [4.78, 5) is 0. The van der Waals surface area contributed by atoms with Gasteiger partial charge in [0, 0.05) is 10.8 Å². The molecule has 0 aliphatic heterocycles. The average Bonchev–Trinajstić information content (AvgIpc) is 2.72. The molecular formula is C18H22N2. The SMILES string of the molecule is CC(C)c1cccc2c3cccc(C(C)C)c3n(N)c12. The zero-order valence-electron chi connectivity index (χ0n) is 12.6. The van der Waals surface area contributed by atoms with E-state index in [1.165, 1.54) is 32.9 Å². The van der Waals surface area contributed by atoms with Gasteiger partial charge in [0.05, 0.1) is 11.0 Å². The molecule has 2 aromatic carbocycles. The molecule has 0 aliphatic carbocycles. The third-order valence-electron chi connectivity index (χ3n) is 4.15. The maximum Gasteiger partial charge on any atom is 0.0738 e. The van der Waals surface area contributed by atoms with Crippen molar-refractivity contribution < 1.29 is 0 Å². The molecule has 0 unspecified atom stereocenters. The van der Waals surface area contributed by atoms with Crippen LogP contribution in [0.5, 0.6) is 0 Å². The highest BCUT2D eigenvalue weighted by atomic mass is 15.3. The van der Waals surface area contributed by atoms with Gasteiger partial charge in [-0.25, -0.2) is 0 Å². The molecule has 20 heavy (non-hydrogen) atoms. The van der Waals surface area contributed by atoms with Crippen LogP contribution in [-0.4, -0.2) is 4.68 Å². The minimum atomic E-state index is 0.466. The lowest BCUT2D eigenvalue weighted by Crippen LogP contribution is -2.10. The van der Waals surface area contributed by atoms with Gasteiger partial charge < -0.3 is 5.84 Å². The Hall–Kier alpha value is -1.96. The highest BCUT2D eigenvalue weighted by molar-refractivity contribution is 6.10.